The SMILES string of the molecule is CCc1ccc(/C=N\Nc2c(F)c(F)nc(F)c2F)cc1[N+](=O)[O-]. The van der Waals surface area contributed by atoms with Crippen molar-refractivity contribution in [2.75, 3.05) is 5.43 Å². The summed E-state index contributed by atoms with van der Waals surface area (Å²) in [7, 11) is 0. The van der Waals surface area contributed by atoms with Gasteiger partial charge in [0.05, 0.1) is 11.1 Å². The lowest BCUT2D eigenvalue weighted by atomic mass is 10.1. The molecule has 1 heterocycles. The first kappa shape index (κ1) is 17.3. The normalized spacial score (nSPS) is 11.0. The van der Waals surface area contributed by atoms with Gasteiger partial charge in [0.1, 0.15) is 5.69 Å². The number of hydrazone groups is 1. The number of benzene rings is 1. The van der Waals surface area contributed by atoms with Crippen LogP contribution in [-0.2, 0) is 6.42 Å². The Morgan fingerprint density at radius 2 is 1.88 bits per heavy atom. The number of halogens is 4. The Bertz CT molecular complexity index is 801. The van der Waals surface area contributed by atoms with Crippen molar-refractivity contribution < 1.29 is 22.5 Å². The van der Waals surface area contributed by atoms with E-state index >= 15 is 0 Å². The van der Waals surface area contributed by atoms with E-state index < -0.39 is 34.1 Å². The zero-order chi connectivity index (χ0) is 17.9. The minimum atomic E-state index is -1.82. The van der Waals surface area contributed by atoms with E-state index in [9.17, 15) is 27.7 Å². The lowest BCUT2D eigenvalue weighted by Crippen LogP contribution is -2.06. The number of hydrogen-bond acceptors (Lipinski definition) is 5. The van der Waals surface area contributed by atoms with Crippen molar-refractivity contribution in [3.63, 3.8) is 0 Å². The first-order chi connectivity index (χ1) is 11.3. The summed E-state index contributed by atoms with van der Waals surface area (Å²) in [6, 6.07) is 4.22. The fourth-order valence-corrected chi connectivity index (χ4v) is 1.89. The van der Waals surface area contributed by atoms with Gasteiger partial charge in [-0.2, -0.15) is 27.6 Å². The van der Waals surface area contributed by atoms with E-state index in [1.165, 1.54) is 18.2 Å². The Morgan fingerprint density at radius 1 is 1.25 bits per heavy atom. The molecular formula is C14H10F4N4O2. The molecule has 0 bridgehead atoms. The summed E-state index contributed by atoms with van der Waals surface area (Å²) in [6.45, 7) is 1.75. The highest BCUT2D eigenvalue weighted by Crippen LogP contribution is 2.22. The van der Waals surface area contributed by atoms with Gasteiger partial charge in [-0.05, 0) is 6.42 Å². The number of anilines is 1. The molecule has 1 N–H and O–H groups in total. The van der Waals surface area contributed by atoms with Crippen LogP contribution in [0.4, 0.5) is 28.9 Å². The third-order valence-corrected chi connectivity index (χ3v) is 3.07. The summed E-state index contributed by atoms with van der Waals surface area (Å²) in [5, 5.41) is 14.4. The van der Waals surface area contributed by atoms with Gasteiger partial charge < -0.3 is 0 Å². The van der Waals surface area contributed by atoms with Crippen molar-refractivity contribution in [1.29, 1.82) is 0 Å². The first-order valence-electron chi connectivity index (χ1n) is 6.61. The van der Waals surface area contributed by atoms with Gasteiger partial charge >= 0.3 is 0 Å². The average molecular weight is 342 g/mol. The number of nitro groups is 1. The van der Waals surface area contributed by atoms with E-state index in [0.717, 1.165) is 6.21 Å². The predicted octanol–water partition coefficient (Wildman–Crippen LogP) is 3.55. The number of pyridine rings is 1. The Balaban J connectivity index is 2.27. The zero-order valence-corrected chi connectivity index (χ0v) is 12.2. The average Bonchev–Trinajstić information content (AvgIpc) is 2.56. The maximum absolute atomic E-state index is 13.4. The number of aromatic nitrogens is 1. The number of hydrogen-bond donors (Lipinski definition) is 1. The molecule has 24 heavy (non-hydrogen) atoms. The van der Waals surface area contributed by atoms with Gasteiger partial charge in [-0.15, -0.1) is 0 Å². The highest BCUT2D eigenvalue weighted by Gasteiger charge is 2.20. The van der Waals surface area contributed by atoms with Crippen molar-refractivity contribution >= 4 is 17.6 Å². The fraction of sp³-hybridized carbons (Fsp3) is 0.143. The van der Waals surface area contributed by atoms with Gasteiger partial charge in [-0.25, -0.2) is 0 Å². The number of nitro benzene ring substituents is 1. The molecule has 1 aromatic carbocycles. The maximum Gasteiger partial charge on any atom is 0.273 e. The quantitative estimate of drug-likeness (QED) is 0.296. The molecule has 0 radical (unpaired) electrons. The van der Waals surface area contributed by atoms with Gasteiger partial charge in [-0.1, -0.05) is 19.1 Å². The zero-order valence-electron chi connectivity index (χ0n) is 12.2. The summed E-state index contributed by atoms with van der Waals surface area (Å²) in [4.78, 5) is 12.8. The maximum atomic E-state index is 13.4. The molecule has 2 rings (SSSR count). The molecule has 0 unspecified atom stereocenters. The van der Waals surface area contributed by atoms with E-state index in [1.807, 2.05) is 5.43 Å². The molecular weight excluding hydrogens is 332 g/mol. The van der Waals surface area contributed by atoms with Crippen LogP contribution < -0.4 is 5.43 Å². The van der Waals surface area contributed by atoms with Crippen LogP contribution in [0.1, 0.15) is 18.1 Å². The van der Waals surface area contributed by atoms with Crippen LogP contribution in [0, 0.1) is 33.6 Å². The van der Waals surface area contributed by atoms with E-state index in [2.05, 4.69) is 10.1 Å². The number of nitrogens with one attached hydrogen (secondary N) is 1. The topological polar surface area (TPSA) is 80.4 Å². The van der Waals surface area contributed by atoms with Crippen molar-refractivity contribution in [2.45, 2.75) is 13.3 Å². The molecule has 0 atom stereocenters. The van der Waals surface area contributed by atoms with Crippen molar-refractivity contribution in [2.24, 2.45) is 5.10 Å². The molecule has 6 nitrogen and oxygen atoms in total. The van der Waals surface area contributed by atoms with Crippen LogP contribution in [0.5, 0.6) is 0 Å². The molecule has 126 valence electrons. The second-order valence-corrected chi connectivity index (χ2v) is 4.57. The van der Waals surface area contributed by atoms with E-state index in [4.69, 9.17) is 0 Å². The molecule has 2 aromatic rings. The van der Waals surface area contributed by atoms with E-state index in [-0.39, 0.29) is 11.3 Å². The van der Waals surface area contributed by atoms with Gasteiger partial charge in [-0.3, -0.25) is 15.5 Å². The minimum Gasteiger partial charge on any atom is -0.272 e. The number of rotatable bonds is 5. The largest absolute Gasteiger partial charge is 0.273 e. The molecule has 0 aliphatic carbocycles. The fourth-order valence-electron chi connectivity index (χ4n) is 1.89. The van der Waals surface area contributed by atoms with Gasteiger partial charge in [0, 0.05) is 17.2 Å². The first-order valence-corrected chi connectivity index (χ1v) is 6.61. The smallest absolute Gasteiger partial charge is 0.272 e. The Morgan fingerprint density at radius 3 is 2.42 bits per heavy atom. The monoisotopic (exact) mass is 342 g/mol. The Kier molecular flexibility index (Phi) is 5.07. The second kappa shape index (κ2) is 7.02. The van der Waals surface area contributed by atoms with Crippen molar-refractivity contribution in [3.8, 4) is 0 Å². The highest BCUT2D eigenvalue weighted by molar-refractivity contribution is 5.81. The lowest BCUT2D eigenvalue weighted by Gasteiger charge is -2.05. The summed E-state index contributed by atoms with van der Waals surface area (Å²) in [6.07, 6.45) is 1.46. The molecule has 0 spiro atoms. The summed E-state index contributed by atoms with van der Waals surface area (Å²) < 4.78 is 52.6. The number of nitrogens with zero attached hydrogens (tertiary/aromatic N) is 3. The summed E-state index contributed by atoms with van der Waals surface area (Å²) >= 11 is 0. The molecule has 10 heteroatoms. The van der Waals surface area contributed by atoms with Crippen LogP contribution >= 0.6 is 0 Å². The van der Waals surface area contributed by atoms with Crippen LogP contribution in [0.25, 0.3) is 0 Å². The van der Waals surface area contributed by atoms with Gasteiger partial charge in [0.15, 0.2) is 0 Å². The third-order valence-electron chi connectivity index (χ3n) is 3.07. The Hall–Kier alpha value is -3.04. The van der Waals surface area contributed by atoms with Gasteiger partial charge in [0.2, 0.25) is 11.6 Å². The summed E-state index contributed by atoms with van der Waals surface area (Å²) in [5.41, 5.74) is 1.28. The second-order valence-electron chi connectivity index (χ2n) is 4.57. The van der Waals surface area contributed by atoms with E-state index in [1.54, 1.807) is 6.92 Å². The van der Waals surface area contributed by atoms with Crippen LogP contribution in [0.3, 0.4) is 0 Å². The lowest BCUT2D eigenvalue weighted by molar-refractivity contribution is -0.385. The van der Waals surface area contributed by atoms with Crippen LogP contribution in [-0.4, -0.2) is 16.1 Å². The molecule has 0 saturated carbocycles. The Labute approximate surface area is 133 Å². The number of aryl methyl sites for hydroxylation is 1. The van der Waals surface area contributed by atoms with Crippen molar-refractivity contribution in [3.05, 3.63) is 63.0 Å². The standard InChI is InChI=1S/C14H10F4N4O2/c1-2-8-4-3-7(5-9(8)22(23)24)6-19-21-12-10(15)13(17)20-14(18)11(12)16/h3-6H,2H2,1H3,(H,20,21)/b19-6-. The minimum absolute atomic E-state index is 0.139. The summed E-state index contributed by atoms with van der Waals surface area (Å²) in [5.74, 6) is -7.12. The molecule has 1 aromatic heterocycles. The molecule has 0 fully saturated rings. The van der Waals surface area contributed by atoms with E-state index in [0.29, 0.717) is 12.0 Å². The predicted molar refractivity (Wildman–Crippen MR) is 77.8 cm³/mol. The van der Waals surface area contributed by atoms with Crippen LogP contribution in [0.2, 0.25) is 0 Å². The molecule has 0 aliphatic heterocycles. The van der Waals surface area contributed by atoms with Gasteiger partial charge in [0.25, 0.3) is 17.6 Å². The molecule has 0 aliphatic rings. The molecule has 0 saturated heterocycles. The van der Waals surface area contributed by atoms with Crippen LogP contribution in [0.15, 0.2) is 23.3 Å². The molecule has 0 amide bonds. The third kappa shape index (κ3) is 3.47. The highest BCUT2D eigenvalue weighted by atomic mass is 19.2. The van der Waals surface area contributed by atoms with Crippen molar-refractivity contribution in [1.82, 2.24) is 4.98 Å².